The molecule has 1 saturated heterocycles. The lowest BCUT2D eigenvalue weighted by Gasteiger charge is -2.30. The number of rotatable bonds is 3. The lowest BCUT2D eigenvalue weighted by atomic mass is 9.85. The topological polar surface area (TPSA) is 20.3 Å². The summed E-state index contributed by atoms with van der Waals surface area (Å²) in [5, 5.41) is 0. The first kappa shape index (κ1) is 20.9. The minimum Gasteiger partial charge on any atom is -0.302 e. The van der Waals surface area contributed by atoms with Crippen molar-refractivity contribution in [2.75, 3.05) is 19.6 Å². The van der Waals surface area contributed by atoms with Crippen LogP contribution in [0.25, 0.3) is 5.57 Å². The highest BCUT2D eigenvalue weighted by molar-refractivity contribution is 5.86. The number of benzene rings is 2. The van der Waals surface area contributed by atoms with Gasteiger partial charge in [0.15, 0.2) is 0 Å². The third-order valence-electron chi connectivity index (χ3n) is 6.25. The Morgan fingerprint density at radius 3 is 2.27 bits per heavy atom. The summed E-state index contributed by atoms with van der Waals surface area (Å²) >= 11 is 0. The van der Waals surface area contributed by atoms with Crippen LogP contribution in [0.15, 0.2) is 48.0 Å². The zero-order valence-corrected chi connectivity index (χ0v) is 17.2. The molecule has 2 nitrogen and oxygen atoms in total. The summed E-state index contributed by atoms with van der Waals surface area (Å²) in [6, 6.07) is 12.3. The number of hydrogen-bond donors (Lipinski definition) is 0. The number of carbonyl (C=O) groups excluding carboxylic acids is 1. The number of likely N-dealkylation sites (tertiary alicyclic amines) is 1. The van der Waals surface area contributed by atoms with Crippen molar-refractivity contribution in [3.63, 3.8) is 0 Å². The van der Waals surface area contributed by atoms with Crippen molar-refractivity contribution in [3.8, 4) is 0 Å². The lowest BCUT2D eigenvalue weighted by molar-refractivity contribution is -0.137. The molecule has 0 aromatic heterocycles. The van der Waals surface area contributed by atoms with Gasteiger partial charge in [-0.2, -0.15) is 13.2 Å². The fourth-order valence-corrected chi connectivity index (χ4v) is 4.59. The quantitative estimate of drug-likeness (QED) is 0.645. The van der Waals surface area contributed by atoms with Crippen molar-refractivity contribution >= 4 is 11.4 Å². The predicted octanol–water partition coefficient (Wildman–Crippen LogP) is 5.68. The summed E-state index contributed by atoms with van der Waals surface area (Å²) in [5.74, 6) is 0.186. The van der Waals surface area contributed by atoms with E-state index in [4.69, 9.17) is 0 Å². The number of aryl methyl sites for hydroxylation is 2. The second-order valence-electron chi connectivity index (χ2n) is 8.30. The van der Waals surface area contributed by atoms with Crippen LogP contribution in [0, 0.1) is 0 Å². The standard InChI is InChI=1S/C25H26F3NO/c1-17(30)10-13-29-14-11-20(12-15-29)24-22-5-3-2-4-18(22)6-7-19-8-9-21(16-23(19)24)25(26,27)28/h2-5,8-9,16H,6-7,10-15H2,1H3. The summed E-state index contributed by atoms with van der Waals surface area (Å²) < 4.78 is 40.4. The van der Waals surface area contributed by atoms with Crippen LogP contribution >= 0.6 is 0 Å². The van der Waals surface area contributed by atoms with Gasteiger partial charge in [0, 0.05) is 26.1 Å². The van der Waals surface area contributed by atoms with Gasteiger partial charge in [-0.3, -0.25) is 4.79 Å². The Kier molecular flexibility index (Phi) is 5.83. The zero-order valence-electron chi connectivity index (χ0n) is 17.2. The molecule has 5 heteroatoms. The van der Waals surface area contributed by atoms with Crippen molar-refractivity contribution in [1.29, 1.82) is 0 Å². The van der Waals surface area contributed by atoms with E-state index in [0.29, 0.717) is 6.42 Å². The number of ketones is 1. The maximum absolute atomic E-state index is 13.5. The van der Waals surface area contributed by atoms with E-state index in [-0.39, 0.29) is 5.78 Å². The van der Waals surface area contributed by atoms with Gasteiger partial charge in [-0.25, -0.2) is 0 Å². The molecule has 2 aromatic rings. The van der Waals surface area contributed by atoms with Gasteiger partial charge in [0.1, 0.15) is 5.78 Å². The molecule has 158 valence electrons. The molecule has 2 aliphatic rings. The number of Topliss-reactive ketones (excluding diaryl/α,β-unsaturated/α-hetero) is 1. The van der Waals surface area contributed by atoms with Gasteiger partial charge in [-0.15, -0.1) is 0 Å². The van der Waals surface area contributed by atoms with Crippen LogP contribution in [0.2, 0.25) is 0 Å². The van der Waals surface area contributed by atoms with Crippen molar-refractivity contribution in [2.24, 2.45) is 0 Å². The van der Waals surface area contributed by atoms with E-state index in [1.807, 2.05) is 12.1 Å². The molecule has 0 atom stereocenters. The summed E-state index contributed by atoms with van der Waals surface area (Å²) in [6.45, 7) is 4.03. The molecule has 4 rings (SSSR count). The zero-order chi connectivity index (χ0) is 21.3. The summed E-state index contributed by atoms with van der Waals surface area (Å²) in [5.41, 5.74) is 5.63. The molecule has 1 fully saturated rings. The second-order valence-corrected chi connectivity index (χ2v) is 8.30. The molecule has 1 aliphatic carbocycles. The lowest BCUT2D eigenvalue weighted by Crippen LogP contribution is -2.32. The van der Waals surface area contributed by atoms with Gasteiger partial charge in [0.2, 0.25) is 0 Å². The average molecular weight is 413 g/mol. The molecule has 2 aromatic carbocycles. The summed E-state index contributed by atoms with van der Waals surface area (Å²) in [4.78, 5) is 13.6. The molecule has 1 heterocycles. The third-order valence-corrected chi connectivity index (χ3v) is 6.25. The smallest absolute Gasteiger partial charge is 0.302 e. The first-order valence-corrected chi connectivity index (χ1v) is 10.6. The fourth-order valence-electron chi connectivity index (χ4n) is 4.59. The number of nitrogens with zero attached hydrogens (tertiary/aromatic N) is 1. The van der Waals surface area contributed by atoms with Gasteiger partial charge < -0.3 is 4.90 Å². The summed E-state index contributed by atoms with van der Waals surface area (Å²) in [7, 11) is 0. The van der Waals surface area contributed by atoms with Crippen LogP contribution in [0.1, 0.15) is 54.0 Å². The highest BCUT2D eigenvalue weighted by Gasteiger charge is 2.32. The average Bonchev–Trinajstić information content (AvgIpc) is 2.88. The number of halogens is 3. The maximum Gasteiger partial charge on any atom is 0.416 e. The first-order valence-electron chi connectivity index (χ1n) is 10.6. The molecule has 0 unspecified atom stereocenters. The molecule has 0 N–H and O–H groups in total. The van der Waals surface area contributed by atoms with E-state index in [0.717, 1.165) is 67.6 Å². The molecular formula is C25H26F3NO. The van der Waals surface area contributed by atoms with Gasteiger partial charge in [-0.05, 0) is 72.6 Å². The molecule has 30 heavy (non-hydrogen) atoms. The van der Waals surface area contributed by atoms with Crippen LogP contribution in [0.5, 0.6) is 0 Å². The first-order chi connectivity index (χ1) is 14.3. The summed E-state index contributed by atoms with van der Waals surface area (Å²) in [6.07, 6.45) is -0.601. The molecular weight excluding hydrogens is 387 g/mol. The van der Waals surface area contributed by atoms with E-state index >= 15 is 0 Å². The predicted molar refractivity (Wildman–Crippen MR) is 112 cm³/mol. The van der Waals surface area contributed by atoms with Crippen LogP contribution in [-0.2, 0) is 23.8 Å². The van der Waals surface area contributed by atoms with Gasteiger partial charge in [0.25, 0.3) is 0 Å². The van der Waals surface area contributed by atoms with Crippen molar-refractivity contribution < 1.29 is 18.0 Å². The minimum atomic E-state index is -4.35. The molecule has 0 spiro atoms. The van der Waals surface area contributed by atoms with E-state index in [2.05, 4.69) is 17.0 Å². The van der Waals surface area contributed by atoms with Crippen LogP contribution in [0.4, 0.5) is 13.2 Å². The highest BCUT2D eigenvalue weighted by atomic mass is 19.4. The molecule has 0 bridgehead atoms. The molecule has 0 radical (unpaired) electrons. The van der Waals surface area contributed by atoms with E-state index in [1.165, 1.54) is 23.3 Å². The Labute approximate surface area is 175 Å². The van der Waals surface area contributed by atoms with Crippen molar-refractivity contribution in [1.82, 2.24) is 4.90 Å². The number of carbonyl (C=O) groups is 1. The number of hydrogen-bond acceptors (Lipinski definition) is 2. The SMILES string of the molecule is CC(=O)CCN1CCC(=C2c3ccccc3CCc3ccc(C(F)(F)F)cc32)CC1. The van der Waals surface area contributed by atoms with Crippen LogP contribution in [0.3, 0.4) is 0 Å². The van der Waals surface area contributed by atoms with Crippen LogP contribution in [-0.4, -0.2) is 30.3 Å². The number of fused-ring (bicyclic) bond motifs is 2. The Morgan fingerprint density at radius 1 is 0.933 bits per heavy atom. The molecule has 0 amide bonds. The van der Waals surface area contributed by atoms with E-state index in [9.17, 15) is 18.0 Å². The Morgan fingerprint density at radius 2 is 1.60 bits per heavy atom. The molecule has 0 saturated carbocycles. The normalized spacial score (nSPS) is 17.3. The molecule has 1 aliphatic heterocycles. The number of alkyl halides is 3. The second kappa shape index (κ2) is 8.38. The maximum atomic E-state index is 13.5. The Bertz CT molecular complexity index is 980. The van der Waals surface area contributed by atoms with Crippen molar-refractivity contribution in [3.05, 3.63) is 75.9 Å². The van der Waals surface area contributed by atoms with E-state index < -0.39 is 11.7 Å². The Hall–Kier alpha value is -2.40. The third kappa shape index (κ3) is 4.36. The largest absolute Gasteiger partial charge is 0.416 e. The number of piperidine rings is 1. The Balaban J connectivity index is 1.77. The monoisotopic (exact) mass is 413 g/mol. The van der Waals surface area contributed by atoms with Gasteiger partial charge in [0.05, 0.1) is 5.56 Å². The van der Waals surface area contributed by atoms with Crippen molar-refractivity contribution in [2.45, 2.75) is 45.2 Å². The highest BCUT2D eigenvalue weighted by Crippen LogP contribution is 2.41. The minimum absolute atomic E-state index is 0.186. The fraction of sp³-hybridized carbons (Fsp3) is 0.400. The van der Waals surface area contributed by atoms with Crippen LogP contribution < -0.4 is 0 Å². The van der Waals surface area contributed by atoms with E-state index in [1.54, 1.807) is 13.0 Å². The van der Waals surface area contributed by atoms with Gasteiger partial charge in [-0.1, -0.05) is 35.9 Å². The van der Waals surface area contributed by atoms with Gasteiger partial charge >= 0.3 is 6.18 Å².